The van der Waals surface area contributed by atoms with Crippen molar-refractivity contribution in [1.82, 2.24) is 0 Å². The highest BCUT2D eigenvalue weighted by Gasteiger charge is 2.52. The third kappa shape index (κ3) is 1.47. The highest BCUT2D eigenvalue weighted by Crippen LogP contribution is 2.43. The quantitative estimate of drug-likeness (QED) is 0.640. The van der Waals surface area contributed by atoms with Crippen molar-refractivity contribution in [3.63, 3.8) is 0 Å². The van der Waals surface area contributed by atoms with Gasteiger partial charge in [0.15, 0.2) is 5.79 Å². The number of rotatable bonds is 0. The molecule has 2 aliphatic rings. The first-order valence-electron chi connectivity index (χ1n) is 4.13. The van der Waals surface area contributed by atoms with Gasteiger partial charge in [0, 0.05) is 9.65 Å². The van der Waals surface area contributed by atoms with Gasteiger partial charge in [0.1, 0.15) is 12.2 Å². The summed E-state index contributed by atoms with van der Waals surface area (Å²) in [6, 6.07) is 0. The van der Waals surface area contributed by atoms with Gasteiger partial charge in [-0.3, -0.25) is 0 Å². The molecule has 70 valence electrons. The molecule has 2 rings (SSSR count). The highest BCUT2D eigenvalue weighted by atomic mass is 79.9. The van der Waals surface area contributed by atoms with Gasteiger partial charge in [-0.15, -0.1) is 0 Å². The first-order chi connectivity index (χ1) is 5.49. The van der Waals surface area contributed by atoms with E-state index in [1.807, 2.05) is 13.8 Å². The van der Waals surface area contributed by atoms with Gasteiger partial charge in [0.25, 0.3) is 0 Å². The lowest BCUT2D eigenvalue weighted by atomic mass is 10.3. The second kappa shape index (κ2) is 2.94. The molecule has 0 bridgehead atoms. The van der Waals surface area contributed by atoms with Crippen LogP contribution in [0.2, 0.25) is 0 Å². The van der Waals surface area contributed by atoms with E-state index >= 15 is 0 Å². The van der Waals surface area contributed by atoms with Gasteiger partial charge >= 0.3 is 0 Å². The molecule has 0 N–H and O–H groups in total. The minimum absolute atomic E-state index is 0.212. The van der Waals surface area contributed by atoms with Gasteiger partial charge in [0.05, 0.1) is 0 Å². The van der Waals surface area contributed by atoms with E-state index in [-0.39, 0.29) is 12.2 Å². The van der Waals surface area contributed by atoms with Gasteiger partial charge in [-0.2, -0.15) is 0 Å². The number of halogens is 2. The minimum atomic E-state index is -0.409. The first kappa shape index (κ1) is 9.44. The van der Waals surface area contributed by atoms with Crippen molar-refractivity contribution in [2.45, 2.75) is 47.9 Å². The third-order valence-electron chi connectivity index (χ3n) is 2.33. The molecule has 0 aromatic rings. The normalized spacial score (nSPS) is 51.0. The maximum atomic E-state index is 5.76. The van der Waals surface area contributed by atoms with Crippen molar-refractivity contribution in [3.05, 3.63) is 0 Å². The second-order valence-electron chi connectivity index (χ2n) is 3.83. The SMILES string of the molecule is CC1(C)O[C@@H]2[C@H](O1)[C@@H](Br)C[C@H]2Br. The van der Waals surface area contributed by atoms with E-state index < -0.39 is 5.79 Å². The van der Waals surface area contributed by atoms with Gasteiger partial charge in [-0.25, -0.2) is 0 Å². The molecule has 0 aromatic heterocycles. The standard InChI is InChI=1S/C8H12Br2O2/c1-8(2)11-6-4(9)3-5(10)7(6)12-8/h4-7H,3H2,1-2H3/t4-,5+,6+,7-. The lowest BCUT2D eigenvalue weighted by Crippen LogP contribution is -2.25. The highest BCUT2D eigenvalue weighted by molar-refractivity contribution is 9.10. The van der Waals surface area contributed by atoms with Crippen molar-refractivity contribution in [2.24, 2.45) is 0 Å². The predicted octanol–water partition coefficient (Wildman–Crippen LogP) is 2.44. The molecule has 1 aliphatic carbocycles. The van der Waals surface area contributed by atoms with E-state index in [1.165, 1.54) is 0 Å². The second-order valence-corrected chi connectivity index (χ2v) is 6.18. The summed E-state index contributed by atoms with van der Waals surface area (Å²) in [7, 11) is 0. The summed E-state index contributed by atoms with van der Waals surface area (Å²) in [5, 5.41) is 0. The minimum Gasteiger partial charge on any atom is -0.343 e. The Bertz CT molecular complexity index is 177. The van der Waals surface area contributed by atoms with Crippen LogP contribution in [0.15, 0.2) is 0 Å². The molecule has 1 aliphatic heterocycles. The molecule has 1 heterocycles. The lowest BCUT2D eigenvalue weighted by molar-refractivity contribution is -0.149. The van der Waals surface area contributed by atoms with Crippen LogP contribution >= 0.6 is 31.9 Å². The largest absolute Gasteiger partial charge is 0.343 e. The van der Waals surface area contributed by atoms with Crippen molar-refractivity contribution >= 4 is 31.9 Å². The van der Waals surface area contributed by atoms with Crippen molar-refractivity contribution in [1.29, 1.82) is 0 Å². The first-order valence-corrected chi connectivity index (χ1v) is 5.96. The molecule has 0 amide bonds. The summed E-state index contributed by atoms with van der Waals surface area (Å²) < 4.78 is 11.5. The maximum absolute atomic E-state index is 5.76. The fraction of sp³-hybridized carbons (Fsp3) is 1.00. The van der Waals surface area contributed by atoms with Crippen LogP contribution in [-0.4, -0.2) is 27.6 Å². The number of ether oxygens (including phenoxy) is 2. The summed E-state index contributed by atoms with van der Waals surface area (Å²) >= 11 is 7.20. The molecule has 0 unspecified atom stereocenters. The van der Waals surface area contributed by atoms with Crippen molar-refractivity contribution < 1.29 is 9.47 Å². The zero-order valence-electron chi connectivity index (χ0n) is 7.09. The Kier molecular flexibility index (Phi) is 2.31. The Hall–Kier alpha value is 0.880. The molecule has 1 saturated carbocycles. The summed E-state index contributed by atoms with van der Waals surface area (Å²) in [5.74, 6) is -0.409. The molecule has 2 fully saturated rings. The molecule has 1 saturated heterocycles. The van der Waals surface area contributed by atoms with Crippen LogP contribution in [0.1, 0.15) is 20.3 Å². The fourth-order valence-corrected chi connectivity index (χ4v) is 3.98. The zero-order valence-corrected chi connectivity index (χ0v) is 10.3. The summed E-state index contributed by atoms with van der Waals surface area (Å²) in [4.78, 5) is 0.849. The van der Waals surface area contributed by atoms with E-state index in [9.17, 15) is 0 Å². The Morgan fingerprint density at radius 1 is 1.08 bits per heavy atom. The third-order valence-corrected chi connectivity index (χ3v) is 4.12. The molecular weight excluding hydrogens is 288 g/mol. The van der Waals surface area contributed by atoms with Gasteiger partial charge in [-0.05, 0) is 20.3 Å². The van der Waals surface area contributed by atoms with Crippen molar-refractivity contribution in [3.8, 4) is 0 Å². The monoisotopic (exact) mass is 298 g/mol. The van der Waals surface area contributed by atoms with Crippen LogP contribution < -0.4 is 0 Å². The summed E-state index contributed by atoms with van der Waals surface area (Å²) in [5.41, 5.74) is 0. The molecule has 0 aromatic carbocycles. The zero-order chi connectivity index (χ0) is 8.93. The molecule has 2 nitrogen and oxygen atoms in total. The van der Waals surface area contributed by atoms with E-state index in [2.05, 4.69) is 31.9 Å². The summed E-state index contributed by atoms with van der Waals surface area (Å²) in [6.45, 7) is 3.93. The Morgan fingerprint density at radius 2 is 1.50 bits per heavy atom. The average Bonchev–Trinajstić information content (AvgIpc) is 2.34. The number of hydrogen-bond acceptors (Lipinski definition) is 2. The van der Waals surface area contributed by atoms with Crippen LogP contribution in [0.4, 0.5) is 0 Å². The lowest BCUT2D eigenvalue weighted by Gasteiger charge is -2.20. The Balaban J connectivity index is 2.15. The molecule has 12 heavy (non-hydrogen) atoms. The van der Waals surface area contributed by atoms with Crippen LogP contribution in [0.5, 0.6) is 0 Å². The number of fused-ring (bicyclic) bond motifs is 1. The number of alkyl halides is 2. The molecule has 0 spiro atoms. The van der Waals surface area contributed by atoms with Crippen LogP contribution in [0.3, 0.4) is 0 Å². The van der Waals surface area contributed by atoms with Gasteiger partial charge in [-0.1, -0.05) is 31.9 Å². The van der Waals surface area contributed by atoms with Crippen molar-refractivity contribution in [2.75, 3.05) is 0 Å². The van der Waals surface area contributed by atoms with E-state index in [1.54, 1.807) is 0 Å². The van der Waals surface area contributed by atoms with Crippen LogP contribution in [0, 0.1) is 0 Å². The predicted molar refractivity (Wildman–Crippen MR) is 53.9 cm³/mol. The van der Waals surface area contributed by atoms with E-state index in [0.29, 0.717) is 9.65 Å². The summed E-state index contributed by atoms with van der Waals surface area (Å²) in [6.07, 6.45) is 1.50. The van der Waals surface area contributed by atoms with E-state index in [0.717, 1.165) is 6.42 Å². The Morgan fingerprint density at radius 3 is 1.92 bits per heavy atom. The molecule has 4 heteroatoms. The van der Waals surface area contributed by atoms with Gasteiger partial charge in [0.2, 0.25) is 0 Å². The van der Waals surface area contributed by atoms with E-state index in [4.69, 9.17) is 9.47 Å². The fourth-order valence-electron chi connectivity index (χ4n) is 1.86. The van der Waals surface area contributed by atoms with Gasteiger partial charge < -0.3 is 9.47 Å². The smallest absolute Gasteiger partial charge is 0.163 e. The Labute approximate surface area is 89.2 Å². The molecular formula is C8H12Br2O2. The van der Waals surface area contributed by atoms with Crippen LogP contribution in [0.25, 0.3) is 0 Å². The molecule has 0 radical (unpaired) electrons. The number of hydrogen-bond donors (Lipinski definition) is 0. The topological polar surface area (TPSA) is 18.5 Å². The maximum Gasteiger partial charge on any atom is 0.163 e. The average molecular weight is 300 g/mol. The van der Waals surface area contributed by atoms with Crippen LogP contribution in [-0.2, 0) is 9.47 Å². The molecule has 4 atom stereocenters.